The van der Waals surface area contributed by atoms with E-state index in [-0.39, 0.29) is 10.7 Å². The highest BCUT2D eigenvalue weighted by atomic mass is 32.1. The van der Waals surface area contributed by atoms with Crippen molar-refractivity contribution in [3.8, 4) is 11.5 Å². The first-order valence-corrected chi connectivity index (χ1v) is 9.43. The molecular formula is C21H19NO5S. The van der Waals surface area contributed by atoms with E-state index in [4.69, 9.17) is 31.2 Å². The average Bonchev–Trinajstić information content (AvgIpc) is 3.07. The summed E-state index contributed by atoms with van der Waals surface area (Å²) >= 11 is 5.18. The lowest BCUT2D eigenvalue weighted by Gasteiger charge is -2.39. The van der Waals surface area contributed by atoms with E-state index < -0.39 is 17.8 Å². The molecule has 1 aromatic heterocycles. The van der Waals surface area contributed by atoms with E-state index in [1.54, 1.807) is 13.2 Å². The Morgan fingerprint density at radius 2 is 1.96 bits per heavy atom. The van der Waals surface area contributed by atoms with Crippen LogP contribution in [0.1, 0.15) is 25.5 Å². The summed E-state index contributed by atoms with van der Waals surface area (Å²) in [7, 11) is 3.48. The maximum absolute atomic E-state index is 13.4. The quantitative estimate of drug-likeness (QED) is 0.462. The lowest BCUT2D eigenvalue weighted by Crippen LogP contribution is -2.48. The van der Waals surface area contributed by atoms with Crippen molar-refractivity contribution in [2.75, 3.05) is 7.11 Å². The monoisotopic (exact) mass is 397 g/mol. The van der Waals surface area contributed by atoms with Gasteiger partial charge >= 0.3 is 5.24 Å². The summed E-state index contributed by atoms with van der Waals surface area (Å²) < 4.78 is 25.5. The van der Waals surface area contributed by atoms with Gasteiger partial charge in [0.05, 0.1) is 29.1 Å². The van der Waals surface area contributed by atoms with Crippen LogP contribution in [0, 0.1) is 0 Å². The molecule has 0 radical (unpaired) electrons. The Hall–Kier alpha value is -2.80. The van der Waals surface area contributed by atoms with Crippen LogP contribution in [0.2, 0.25) is 0 Å². The molecule has 2 atom stereocenters. The maximum Gasteiger partial charge on any atom is 0.353 e. The molecular weight excluding hydrogens is 378 g/mol. The first kappa shape index (κ1) is 17.3. The third kappa shape index (κ3) is 2.13. The van der Waals surface area contributed by atoms with E-state index in [1.807, 2.05) is 49.7 Å². The van der Waals surface area contributed by atoms with E-state index in [2.05, 4.69) is 0 Å². The second-order valence-corrected chi connectivity index (χ2v) is 7.99. The van der Waals surface area contributed by atoms with Crippen LogP contribution in [0.4, 0.5) is 0 Å². The molecule has 2 aliphatic heterocycles. The van der Waals surface area contributed by atoms with Gasteiger partial charge in [-0.05, 0) is 26.0 Å². The summed E-state index contributed by atoms with van der Waals surface area (Å²) in [6, 6.07) is 9.27. The van der Waals surface area contributed by atoms with Crippen molar-refractivity contribution in [1.29, 1.82) is 0 Å². The first-order chi connectivity index (χ1) is 13.3. The van der Waals surface area contributed by atoms with Crippen molar-refractivity contribution in [1.82, 2.24) is 4.57 Å². The largest absolute Gasteiger partial charge is 0.496 e. The maximum atomic E-state index is 13.4. The number of hydrogen-bond donors (Lipinski definition) is 0. The van der Waals surface area contributed by atoms with E-state index in [0.29, 0.717) is 27.8 Å². The fraction of sp³-hybridized carbons (Fsp3) is 0.333. The molecule has 28 heavy (non-hydrogen) atoms. The Kier molecular flexibility index (Phi) is 3.47. The first-order valence-electron chi connectivity index (χ1n) is 9.02. The van der Waals surface area contributed by atoms with Gasteiger partial charge < -0.3 is 23.5 Å². The van der Waals surface area contributed by atoms with Gasteiger partial charge in [-0.2, -0.15) is 0 Å². The summed E-state index contributed by atoms with van der Waals surface area (Å²) in [5.41, 5.74) is 1.53. The number of ether oxygens (including phenoxy) is 4. The molecule has 2 aromatic carbocycles. The van der Waals surface area contributed by atoms with Crippen LogP contribution < -0.4 is 14.9 Å². The third-order valence-corrected chi connectivity index (χ3v) is 5.81. The normalized spacial score (nSPS) is 22.2. The molecule has 6 nitrogen and oxygen atoms in total. The Morgan fingerprint density at radius 3 is 2.71 bits per heavy atom. The third-order valence-electron chi connectivity index (χ3n) is 5.62. The van der Waals surface area contributed by atoms with Gasteiger partial charge in [0.1, 0.15) is 17.1 Å². The van der Waals surface area contributed by atoms with Crippen molar-refractivity contribution in [3.63, 3.8) is 0 Å². The second-order valence-electron chi connectivity index (χ2n) is 7.65. The molecule has 1 saturated heterocycles. The summed E-state index contributed by atoms with van der Waals surface area (Å²) in [6.45, 7) is 3.86. The molecule has 0 saturated carbocycles. The predicted octanol–water partition coefficient (Wildman–Crippen LogP) is 3.61. The molecule has 7 heteroatoms. The number of methoxy groups -OCH3 is 1. The zero-order chi connectivity index (χ0) is 19.8. The number of rotatable bonds is 1. The Morgan fingerprint density at radius 1 is 1.21 bits per heavy atom. The van der Waals surface area contributed by atoms with Crippen molar-refractivity contribution < 1.29 is 18.9 Å². The average molecular weight is 397 g/mol. The van der Waals surface area contributed by atoms with Gasteiger partial charge in [0.2, 0.25) is 5.43 Å². The van der Waals surface area contributed by atoms with Crippen molar-refractivity contribution in [2.24, 2.45) is 7.05 Å². The molecule has 0 amide bonds. The van der Waals surface area contributed by atoms with E-state index in [0.717, 1.165) is 11.1 Å². The highest BCUT2D eigenvalue weighted by Crippen LogP contribution is 2.50. The summed E-state index contributed by atoms with van der Waals surface area (Å²) in [4.78, 5) is 13.4. The standard InChI is InChI=1S/C21H19NO5S/c1-21(2)19-18(25-20(28)26-19)15-13(27-21)9-12(24-4)14-16(15)22(3)11-8-6-5-7-10(11)17(14)23/h5-9,18-19H,1-4H3/t18-,19-/m0/s1. The fourth-order valence-corrected chi connectivity index (χ4v) is 4.56. The highest BCUT2D eigenvalue weighted by molar-refractivity contribution is 7.79. The Balaban J connectivity index is 1.99. The number of benzene rings is 2. The van der Waals surface area contributed by atoms with E-state index in [1.165, 1.54) is 0 Å². The predicted molar refractivity (Wildman–Crippen MR) is 109 cm³/mol. The molecule has 0 bridgehead atoms. The molecule has 0 unspecified atom stereocenters. The fourth-order valence-electron chi connectivity index (χ4n) is 4.36. The van der Waals surface area contributed by atoms with Crippen molar-refractivity contribution in [2.45, 2.75) is 31.7 Å². The smallest absolute Gasteiger partial charge is 0.353 e. The zero-order valence-electron chi connectivity index (χ0n) is 15.9. The molecule has 3 heterocycles. The van der Waals surface area contributed by atoms with Crippen LogP contribution in [-0.2, 0) is 16.5 Å². The lowest BCUT2D eigenvalue weighted by atomic mass is 9.87. The van der Waals surface area contributed by atoms with Crippen molar-refractivity contribution in [3.05, 3.63) is 46.1 Å². The summed E-state index contributed by atoms with van der Waals surface area (Å²) in [6.07, 6.45) is -0.878. The molecule has 0 aliphatic carbocycles. The number of hydrogen-bond acceptors (Lipinski definition) is 6. The van der Waals surface area contributed by atoms with Gasteiger partial charge in [-0.15, -0.1) is 0 Å². The van der Waals surface area contributed by atoms with Gasteiger partial charge in [-0.3, -0.25) is 4.79 Å². The van der Waals surface area contributed by atoms with Crippen LogP contribution in [0.15, 0.2) is 35.1 Å². The summed E-state index contributed by atoms with van der Waals surface area (Å²) in [5, 5.41) is 1.21. The SMILES string of the molecule is COc1cc2c(c3c1c(=O)c1ccccc1n3C)[C@@H]1OC(=S)O[C@@H]1C(C)(C)O2. The number of para-hydroxylation sites is 1. The minimum atomic E-state index is -0.660. The molecule has 5 rings (SSSR count). The number of thiocarbonyl (C=S) groups is 1. The van der Waals surface area contributed by atoms with E-state index in [9.17, 15) is 4.79 Å². The topological polar surface area (TPSA) is 58.9 Å². The molecule has 1 fully saturated rings. The van der Waals surface area contributed by atoms with Crippen LogP contribution in [-0.4, -0.2) is 28.6 Å². The number of fused-ring (bicyclic) bond motifs is 6. The molecule has 3 aromatic rings. The van der Waals surface area contributed by atoms with Crippen LogP contribution in [0.3, 0.4) is 0 Å². The Labute approximate surface area is 166 Å². The van der Waals surface area contributed by atoms with Crippen LogP contribution >= 0.6 is 12.2 Å². The van der Waals surface area contributed by atoms with E-state index >= 15 is 0 Å². The van der Waals surface area contributed by atoms with Crippen LogP contribution in [0.25, 0.3) is 21.8 Å². The molecule has 0 spiro atoms. The lowest BCUT2D eigenvalue weighted by molar-refractivity contribution is -0.0479. The zero-order valence-corrected chi connectivity index (χ0v) is 16.8. The minimum absolute atomic E-state index is 0.0915. The molecule has 144 valence electrons. The Bertz CT molecular complexity index is 1230. The highest BCUT2D eigenvalue weighted by Gasteiger charge is 2.53. The minimum Gasteiger partial charge on any atom is -0.496 e. The van der Waals surface area contributed by atoms with Gasteiger partial charge in [0.25, 0.3) is 0 Å². The molecule has 0 N–H and O–H groups in total. The van der Waals surface area contributed by atoms with Crippen LogP contribution in [0.5, 0.6) is 11.5 Å². The van der Waals surface area contributed by atoms with Gasteiger partial charge in [0, 0.05) is 30.7 Å². The van der Waals surface area contributed by atoms with Gasteiger partial charge in [0.15, 0.2) is 12.2 Å². The number of pyridine rings is 1. The van der Waals surface area contributed by atoms with Gasteiger partial charge in [-0.25, -0.2) is 0 Å². The van der Waals surface area contributed by atoms with Crippen molar-refractivity contribution >= 4 is 39.3 Å². The van der Waals surface area contributed by atoms with Gasteiger partial charge in [-0.1, -0.05) is 12.1 Å². The number of aromatic nitrogens is 1. The second kappa shape index (κ2) is 5.61. The number of nitrogens with zero attached hydrogens (tertiary/aromatic N) is 1. The summed E-state index contributed by atoms with van der Waals surface area (Å²) in [5.74, 6) is 1.07. The molecule has 2 aliphatic rings. The number of aryl methyl sites for hydroxylation is 1.